The molecule has 0 unspecified atom stereocenters. The number of hydrogen-bond acceptors (Lipinski definition) is 3. The molecule has 4 nitrogen and oxygen atoms in total. The Morgan fingerprint density at radius 1 is 1.26 bits per heavy atom. The van der Waals surface area contributed by atoms with Gasteiger partial charge in [-0.2, -0.15) is 0 Å². The normalized spacial score (nSPS) is 11.0. The molecule has 0 spiro atoms. The molecule has 1 aromatic heterocycles. The molecule has 1 aromatic carbocycles. The van der Waals surface area contributed by atoms with E-state index in [1.165, 1.54) is 17.5 Å². The molecule has 1 amide bonds. The molecule has 23 heavy (non-hydrogen) atoms. The summed E-state index contributed by atoms with van der Waals surface area (Å²) in [5.74, 6) is 0.975. The lowest BCUT2D eigenvalue weighted by Gasteiger charge is -2.12. The first-order valence-electron chi connectivity index (χ1n) is 7.94. The molecule has 5 heteroatoms. The van der Waals surface area contributed by atoms with Crippen LogP contribution in [0.15, 0.2) is 35.5 Å². The van der Waals surface area contributed by atoms with E-state index in [9.17, 15) is 4.79 Å². The number of hydrogen-bond donors (Lipinski definition) is 1. The Balaban J connectivity index is 1.90. The van der Waals surface area contributed by atoms with Crippen LogP contribution in [0.3, 0.4) is 0 Å². The molecular weight excluding hydrogens is 306 g/mol. The van der Waals surface area contributed by atoms with E-state index in [1.54, 1.807) is 0 Å². The fraction of sp³-hybridized carbons (Fsp3) is 0.444. The second-order valence-electron chi connectivity index (χ2n) is 6.12. The fourth-order valence-electron chi connectivity index (χ4n) is 2.29. The summed E-state index contributed by atoms with van der Waals surface area (Å²) >= 11 is 1.51. The molecule has 0 bridgehead atoms. The lowest BCUT2D eigenvalue weighted by Crippen LogP contribution is -2.24. The predicted molar refractivity (Wildman–Crippen MR) is 95.6 cm³/mol. The Labute approximate surface area is 142 Å². The van der Waals surface area contributed by atoms with E-state index in [0.29, 0.717) is 18.2 Å². The summed E-state index contributed by atoms with van der Waals surface area (Å²) < 4.78 is 2.22. The highest BCUT2D eigenvalue weighted by atomic mass is 32.2. The molecule has 0 fully saturated rings. The molecular formula is C18H25N3OS. The number of nitrogens with one attached hydrogen (secondary N) is 1. The SMILES string of the molecule is Cc1nc(SCC(=O)NCc2ccccc2)n(CC(C)C)c1C. The van der Waals surface area contributed by atoms with E-state index < -0.39 is 0 Å². The van der Waals surface area contributed by atoms with E-state index in [1.807, 2.05) is 37.3 Å². The van der Waals surface area contributed by atoms with Crippen LogP contribution in [0.2, 0.25) is 0 Å². The molecule has 0 aliphatic rings. The van der Waals surface area contributed by atoms with Crippen molar-refractivity contribution < 1.29 is 4.79 Å². The maximum Gasteiger partial charge on any atom is 0.230 e. The molecule has 1 heterocycles. The van der Waals surface area contributed by atoms with Crippen molar-refractivity contribution in [3.63, 3.8) is 0 Å². The van der Waals surface area contributed by atoms with Crippen molar-refractivity contribution in [3.8, 4) is 0 Å². The first-order valence-corrected chi connectivity index (χ1v) is 8.93. The maximum atomic E-state index is 12.0. The number of nitrogens with zero attached hydrogens (tertiary/aromatic N) is 2. The van der Waals surface area contributed by atoms with Crippen LogP contribution in [-0.2, 0) is 17.9 Å². The monoisotopic (exact) mass is 331 g/mol. The molecule has 0 saturated heterocycles. The summed E-state index contributed by atoms with van der Waals surface area (Å²) in [7, 11) is 0. The Morgan fingerprint density at radius 2 is 1.96 bits per heavy atom. The Hall–Kier alpha value is -1.75. The topological polar surface area (TPSA) is 46.9 Å². The largest absolute Gasteiger partial charge is 0.351 e. The van der Waals surface area contributed by atoms with Crippen LogP contribution in [0.1, 0.15) is 30.8 Å². The van der Waals surface area contributed by atoms with Crippen molar-refractivity contribution >= 4 is 17.7 Å². The molecule has 0 aliphatic heterocycles. The van der Waals surface area contributed by atoms with Crippen molar-refractivity contribution in [3.05, 3.63) is 47.3 Å². The predicted octanol–water partition coefficient (Wildman–Crippen LogP) is 3.56. The van der Waals surface area contributed by atoms with E-state index in [4.69, 9.17) is 0 Å². The van der Waals surface area contributed by atoms with Gasteiger partial charge in [-0.25, -0.2) is 4.98 Å². The first-order chi connectivity index (χ1) is 11.0. The van der Waals surface area contributed by atoms with Crippen LogP contribution in [0.4, 0.5) is 0 Å². The van der Waals surface area contributed by atoms with Crippen LogP contribution in [0.5, 0.6) is 0 Å². The Bertz CT molecular complexity index is 650. The van der Waals surface area contributed by atoms with E-state index >= 15 is 0 Å². The lowest BCUT2D eigenvalue weighted by atomic mass is 10.2. The van der Waals surface area contributed by atoms with Gasteiger partial charge in [0.05, 0.1) is 11.4 Å². The molecule has 2 aromatic rings. The van der Waals surface area contributed by atoms with Crippen LogP contribution >= 0.6 is 11.8 Å². The van der Waals surface area contributed by atoms with Gasteiger partial charge in [-0.15, -0.1) is 0 Å². The second-order valence-corrected chi connectivity index (χ2v) is 7.06. The van der Waals surface area contributed by atoms with Crippen molar-refractivity contribution in [2.75, 3.05) is 5.75 Å². The number of carbonyl (C=O) groups is 1. The van der Waals surface area contributed by atoms with Gasteiger partial charge >= 0.3 is 0 Å². The van der Waals surface area contributed by atoms with Gasteiger partial charge in [0.25, 0.3) is 0 Å². The van der Waals surface area contributed by atoms with Crippen LogP contribution in [0.25, 0.3) is 0 Å². The van der Waals surface area contributed by atoms with Gasteiger partial charge in [0, 0.05) is 18.8 Å². The Morgan fingerprint density at radius 3 is 2.61 bits per heavy atom. The van der Waals surface area contributed by atoms with E-state index in [2.05, 4.69) is 35.6 Å². The zero-order chi connectivity index (χ0) is 16.8. The molecule has 124 valence electrons. The third-order valence-electron chi connectivity index (χ3n) is 3.64. The van der Waals surface area contributed by atoms with Gasteiger partial charge < -0.3 is 9.88 Å². The van der Waals surface area contributed by atoms with Gasteiger partial charge in [0.1, 0.15) is 0 Å². The number of thioether (sulfide) groups is 1. The summed E-state index contributed by atoms with van der Waals surface area (Å²) in [6, 6.07) is 9.94. The summed E-state index contributed by atoms with van der Waals surface area (Å²) in [6.45, 7) is 9.99. The van der Waals surface area contributed by atoms with Gasteiger partial charge in [-0.05, 0) is 25.3 Å². The van der Waals surface area contributed by atoms with Crippen molar-refractivity contribution in [2.45, 2.75) is 45.9 Å². The summed E-state index contributed by atoms with van der Waals surface area (Å²) in [6.07, 6.45) is 0. The third-order valence-corrected chi connectivity index (χ3v) is 4.61. The van der Waals surface area contributed by atoms with Crippen molar-refractivity contribution in [1.29, 1.82) is 0 Å². The smallest absolute Gasteiger partial charge is 0.230 e. The molecule has 1 N–H and O–H groups in total. The summed E-state index contributed by atoms with van der Waals surface area (Å²) in [5, 5.41) is 3.89. The minimum Gasteiger partial charge on any atom is -0.351 e. The molecule has 0 radical (unpaired) electrons. The fourth-order valence-corrected chi connectivity index (χ4v) is 3.22. The van der Waals surface area contributed by atoms with Gasteiger partial charge in [0.15, 0.2) is 5.16 Å². The zero-order valence-electron chi connectivity index (χ0n) is 14.3. The number of aromatic nitrogens is 2. The quantitative estimate of drug-likeness (QED) is 0.789. The van der Waals surface area contributed by atoms with Gasteiger partial charge in [-0.1, -0.05) is 55.9 Å². The first kappa shape index (κ1) is 17.6. The number of imidazole rings is 1. The zero-order valence-corrected chi connectivity index (χ0v) is 15.1. The lowest BCUT2D eigenvalue weighted by molar-refractivity contribution is -0.118. The number of benzene rings is 1. The van der Waals surface area contributed by atoms with Crippen LogP contribution in [0, 0.1) is 19.8 Å². The standard InChI is InChI=1S/C18H25N3OS/c1-13(2)11-21-15(4)14(3)20-18(21)23-12-17(22)19-10-16-8-6-5-7-9-16/h5-9,13H,10-12H2,1-4H3,(H,19,22). The average Bonchev–Trinajstić information content (AvgIpc) is 2.79. The Kier molecular flexibility index (Phi) is 6.28. The van der Waals surface area contributed by atoms with Gasteiger partial charge in [-0.3, -0.25) is 4.79 Å². The number of aryl methyl sites for hydroxylation is 1. The number of rotatable bonds is 7. The highest BCUT2D eigenvalue weighted by Gasteiger charge is 2.14. The van der Waals surface area contributed by atoms with Crippen molar-refractivity contribution in [2.24, 2.45) is 5.92 Å². The van der Waals surface area contributed by atoms with E-state index in [-0.39, 0.29) is 5.91 Å². The molecule has 0 aliphatic carbocycles. The molecule has 0 atom stereocenters. The highest BCUT2D eigenvalue weighted by Crippen LogP contribution is 2.22. The number of amides is 1. The maximum absolute atomic E-state index is 12.0. The third kappa shape index (κ3) is 5.13. The summed E-state index contributed by atoms with van der Waals surface area (Å²) in [5.41, 5.74) is 3.34. The molecule has 0 saturated carbocycles. The van der Waals surface area contributed by atoms with Crippen LogP contribution < -0.4 is 5.32 Å². The minimum absolute atomic E-state index is 0.0354. The molecule has 2 rings (SSSR count). The average molecular weight is 331 g/mol. The second kappa shape index (κ2) is 8.20. The minimum atomic E-state index is 0.0354. The van der Waals surface area contributed by atoms with Crippen molar-refractivity contribution in [1.82, 2.24) is 14.9 Å². The number of carbonyl (C=O) groups excluding carboxylic acids is 1. The summed E-state index contributed by atoms with van der Waals surface area (Å²) in [4.78, 5) is 16.6. The highest BCUT2D eigenvalue weighted by molar-refractivity contribution is 7.99. The van der Waals surface area contributed by atoms with E-state index in [0.717, 1.165) is 23.0 Å². The van der Waals surface area contributed by atoms with Gasteiger partial charge in [0.2, 0.25) is 5.91 Å². The van der Waals surface area contributed by atoms with Crippen LogP contribution in [-0.4, -0.2) is 21.2 Å².